The maximum Gasteiger partial charge on any atom is 0.240 e. The summed E-state index contributed by atoms with van der Waals surface area (Å²) in [7, 11) is -3.42. The second-order valence-corrected chi connectivity index (χ2v) is 7.25. The van der Waals surface area contributed by atoms with Gasteiger partial charge in [0.2, 0.25) is 10.0 Å². The summed E-state index contributed by atoms with van der Waals surface area (Å²) < 4.78 is 26.9. The summed E-state index contributed by atoms with van der Waals surface area (Å²) in [6, 6.07) is 8.31. The van der Waals surface area contributed by atoms with Crippen molar-refractivity contribution in [1.82, 2.24) is 4.72 Å². The molecule has 0 spiro atoms. The molecule has 2 atom stereocenters. The summed E-state index contributed by atoms with van der Waals surface area (Å²) in [5.74, 6) is 0. The first kappa shape index (κ1) is 12.9. The maximum atomic E-state index is 12.1. The Morgan fingerprint density at radius 3 is 2.35 bits per heavy atom. The molecular formula is C12H16ClNO2S. The van der Waals surface area contributed by atoms with Gasteiger partial charge in [0.15, 0.2) is 0 Å². The Morgan fingerprint density at radius 1 is 1.29 bits per heavy atom. The molecule has 0 bridgehead atoms. The summed E-state index contributed by atoms with van der Waals surface area (Å²) in [4.78, 5) is 0.300. The molecule has 1 aromatic carbocycles. The number of rotatable bonds is 3. The summed E-state index contributed by atoms with van der Waals surface area (Å²) in [5.41, 5.74) is -0.191. The molecule has 1 aromatic rings. The standard InChI is InChI=1S/C12H16ClNO2S/c1-12(2)10(13)8-11(12)14-17(15,16)9-6-4-3-5-7-9/h3-7,10-11,14H,8H2,1-2H3. The molecule has 0 amide bonds. The SMILES string of the molecule is CC1(C)C(Cl)CC1NS(=O)(=O)c1ccccc1. The highest BCUT2D eigenvalue weighted by Gasteiger charge is 2.48. The van der Waals surface area contributed by atoms with E-state index in [9.17, 15) is 8.42 Å². The number of halogens is 1. The number of hydrogen-bond acceptors (Lipinski definition) is 2. The summed E-state index contributed by atoms with van der Waals surface area (Å²) in [6.45, 7) is 3.96. The lowest BCUT2D eigenvalue weighted by Gasteiger charge is -2.48. The van der Waals surface area contributed by atoms with Crippen molar-refractivity contribution < 1.29 is 8.42 Å². The van der Waals surface area contributed by atoms with Gasteiger partial charge in [0.1, 0.15) is 0 Å². The van der Waals surface area contributed by atoms with E-state index in [2.05, 4.69) is 4.72 Å². The van der Waals surface area contributed by atoms with Crippen LogP contribution in [0.1, 0.15) is 20.3 Å². The van der Waals surface area contributed by atoms with Crippen LogP contribution in [0.5, 0.6) is 0 Å². The van der Waals surface area contributed by atoms with Crippen molar-refractivity contribution in [1.29, 1.82) is 0 Å². The molecule has 0 saturated heterocycles. The fourth-order valence-corrected chi connectivity index (χ4v) is 3.68. The highest BCUT2D eigenvalue weighted by atomic mass is 35.5. The average Bonchev–Trinajstić information content (AvgIpc) is 2.30. The topological polar surface area (TPSA) is 46.2 Å². The molecule has 0 radical (unpaired) electrons. The molecule has 1 fully saturated rings. The van der Waals surface area contributed by atoms with Gasteiger partial charge in [0, 0.05) is 11.4 Å². The third-order valence-corrected chi connectivity index (χ3v) is 5.73. The van der Waals surface area contributed by atoms with E-state index in [1.165, 1.54) is 0 Å². The van der Waals surface area contributed by atoms with Gasteiger partial charge in [-0.1, -0.05) is 32.0 Å². The van der Waals surface area contributed by atoms with Crippen LogP contribution in [0.4, 0.5) is 0 Å². The minimum Gasteiger partial charge on any atom is -0.207 e. The zero-order chi connectivity index (χ0) is 12.7. The van der Waals surface area contributed by atoms with Gasteiger partial charge in [-0.05, 0) is 24.0 Å². The van der Waals surface area contributed by atoms with Gasteiger partial charge in [-0.2, -0.15) is 0 Å². The Labute approximate surface area is 107 Å². The number of sulfonamides is 1. The minimum absolute atomic E-state index is 0.0333. The van der Waals surface area contributed by atoms with Crippen molar-refractivity contribution in [3.63, 3.8) is 0 Å². The molecule has 1 aliphatic carbocycles. The van der Waals surface area contributed by atoms with E-state index in [1.807, 2.05) is 13.8 Å². The molecular weight excluding hydrogens is 258 g/mol. The maximum absolute atomic E-state index is 12.1. The first-order chi connectivity index (χ1) is 7.84. The predicted molar refractivity (Wildman–Crippen MR) is 68.6 cm³/mol. The fourth-order valence-electron chi connectivity index (χ4n) is 1.93. The van der Waals surface area contributed by atoms with Crippen LogP contribution in [-0.4, -0.2) is 19.8 Å². The van der Waals surface area contributed by atoms with E-state index >= 15 is 0 Å². The van der Waals surface area contributed by atoms with Gasteiger partial charge >= 0.3 is 0 Å². The van der Waals surface area contributed by atoms with Crippen molar-refractivity contribution in [2.75, 3.05) is 0 Å². The Bertz CT molecular complexity index is 498. The Balaban J connectivity index is 2.15. The molecule has 17 heavy (non-hydrogen) atoms. The van der Waals surface area contributed by atoms with Crippen LogP contribution >= 0.6 is 11.6 Å². The van der Waals surface area contributed by atoms with E-state index in [-0.39, 0.29) is 16.8 Å². The van der Waals surface area contributed by atoms with E-state index in [4.69, 9.17) is 11.6 Å². The van der Waals surface area contributed by atoms with Crippen molar-refractivity contribution in [2.45, 2.75) is 36.6 Å². The van der Waals surface area contributed by atoms with E-state index in [1.54, 1.807) is 30.3 Å². The molecule has 0 aliphatic heterocycles. The van der Waals surface area contributed by atoms with Crippen molar-refractivity contribution >= 4 is 21.6 Å². The minimum atomic E-state index is -3.42. The van der Waals surface area contributed by atoms with E-state index < -0.39 is 10.0 Å². The van der Waals surface area contributed by atoms with Crippen molar-refractivity contribution in [2.24, 2.45) is 5.41 Å². The van der Waals surface area contributed by atoms with Gasteiger partial charge < -0.3 is 0 Å². The number of nitrogens with one attached hydrogen (secondary N) is 1. The first-order valence-electron chi connectivity index (χ1n) is 5.55. The Morgan fingerprint density at radius 2 is 1.88 bits per heavy atom. The van der Waals surface area contributed by atoms with E-state index in [0.29, 0.717) is 11.3 Å². The van der Waals surface area contributed by atoms with Crippen molar-refractivity contribution in [3.8, 4) is 0 Å². The lowest BCUT2D eigenvalue weighted by Crippen LogP contribution is -2.59. The lowest BCUT2D eigenvalue weighted by atomic mass is 9.67. The van der Waals surface area contributed by atoms with Crippen LogP contribution in [0, 0.1) is 5.41 Å². The number of alkyl halides is 1. The van der Waals surface area contributed by atoms with Crippen LogP contribution in [0.2, 0.25) is 0 Å². The fraction of sp³-hybridized carbons (Fsp3) is 0.500. The van der Waals surface area contributed by atoms with Crippen molar-refractivity contribution in [3.05, 3.63) is 30.3 Å². The zero-order valence-electron chi connectivity index (χ0n) is 9.85. The van der Waals surface area contributed by atoms with E-state index in [0.717, 1.165) is 0 Å². The molecule has 1 N–H and O–H groups in total. The molecule has 2 unspecified atom stereocenters. The molecule has 94 valence electrons. The summed E-state index contributed by atoms with van der Waals surface area (Å²) in [6.07, 6.45) is 0.681. The third kappa shape index (κ3) is 2.34. The smallest absolute Gasteiger partial charge is 0.207 e. The predicted octanol–water partition coefficient (Wildman–Crippen LogP) is 2.37. The quantitative estimate of drug-likeness (QED) is 0.860. The Hall–Kier alpha value is -0.580. The number of hydrogen-bond donors (Lipinski definition) is 1. The largest absolute Gasteiger partial charge is 0.240 e. The monoisotopic (exact) mass is 273 g/mol. The van der Waals surface area contributed by atoms with Gasteiger partial charge in [-0.3, -0.25) is 0 Å². The third-order valence-electron chi connectivity index (χ3n) is 3.50. The van der Waals surface area contributed by atoms with Crippen LogP contribution in [0.3, 0.4) is 0 Å². The molecule has 2 rings (SSSR count). The van der Waals surface area contributed by atoms with Gasteiger partial charge in [0.25, 0.3) is 0 Å². The first-order valence-corrected chi connectivity index (χ1v) is 7.47. The van der Waals surface area contributed by atoms with Crippen LogP contribution in [0.15, 0.2) is 35.2 Å². The normalized spacial score (nSPS) is 27.5. The highest BCUT2D eigenvalue weighted by Crippen LogP contribution is 2.44. The Kier molecular flexibility index (Phi) is 3.23. The molecule has 0 heterocycles. The zero-order valence-corrected chi connectivity index (χ0v) is 11.4. The van der Waals surface area contributed by atoms with Gasteiger partial charge in [-0.25, -0.2) is 13.1 Å². The molecule has 1 aliphatic rings. The molecule has 5 heteroatoms. The molecule has 0 aromatic heterocycles. The van der Waals surface area contributed by atoms with Crippen LogP contribution in [-0.2, 0) is 10.0 Å². The lowest BCUT2D eigenvalue weighted by molar-refractivity contribution is 0.137. The van der Waals surface area contributed by atoms with Crippen LogP contribution in [0.25, 0.3) is 0 Å². The van der Waals surface area contributed by atoms with Gasteiger partial charge in [0.05, 0.1) is 4.90 Å². The second kappa shape index (κ2) is 4.26. The number of benzene rings is 1. The summed E-state index contributed by atoms with van der Waals surface area (Å²) in [5, 5.41) is 0.0333. The highest BCUT2D eigenvalue weighted by molar-refractivity contribution is 7.89. The molecule has 1 saturated carbocycles. The van der Waals surface area contributed by atoms with Gasteiger partial charge in [-0.15, -0.1) is 11.6 Å². The van der Waals surface area contributed by atoms with Crippen LogP contribution < -0.4 is 4.72 Å². The summed E-state index contributed by atoms with van der Waals surface area (Å²) >= 11 is 6.08. The second-order valence-electron chi connectivity index (χ2n) is 5.01. The molecule has 3 nitrogen and oxygen atoms in total. The average molecular weight is 274 g/mol.